The van der Waals surface area contributed by atoms with Crippen LogP contribution >= 0.6 is 0 Å². The van der Waals surface area contributed by atoms with Crippen molar-refractivity contribution >= 4 is 17.6 Å². The van der Waals surface area contributed by atoms with Gasteiger partial charge in [0.1, 0.15) is 0 Å². The zero-order valence-electron chi connectivity index (χ0n) is 9.78. The van der Waals surface area contributed by atoms with Crippen molar-refractivity contribution in [3.05, 3.63) is 29.8 Å². The van der Waals surface area contributed by atoms with Crippen molar-refractivity contribution in [1.82, 2.24) is 19.6 Å². The fourth-order valence-electron chi connectivity index (χ4n) is 1.52. The highest BCUT2D eigenvalue weighted by molar-refractivity contribution is 6.06. The van der Waals surface area contributed by atoms with Gasteiger partial charge in [-0.1, -0.05) is 0 Å². The predicted octanol–water partition coefficient (Wildman–Crippen LogP) is 0.104. The lowest BCUT2D eigenvalue weighted by Crippen LogP contribution is -2.15. The molecule has 0 atom stereocenters. The topological polar surface area (TPSA) is 102 Å². The van der Waals surface area contributed by atoms with Crippen LogP contribution in [0.25, 0.3) is 0 Å². The Labute approximate surface area is 102 Å². The molecule has 0 aromatic carbocycles. The molecular formula is C10H11N5O3. The average Bonchev–Trinajstić information content (AvgIpc) is 2.85. The van der Waals surface area contributed by atoms with E-state index >= 15 is 0 Å². The van der Waals surface area contributed by atoms with Crippen LogP contribution in [0.3, 0.4) is 0 Å². The van der Waals surface area contributed by atoms with Crippen molar-refractivity contribution in [2.24, 2.45) is 14.1 Å². The van der Waals surface area contributed by atoms with Gasteiger partial charge in [0, 0.05) is 20.3 Å². The fraction of sp³-hybridized carbons (Fsp3) is 0.200. The quantitative estimate of drug-likeness (QED) is 0.803. The number of aromatic carboxylic acids is 1. The summed E-state index contributed by atoms with van der Waals surface area (Å²) in [6, 6.07) is 0. The van der Waals surface area contributed by atoms with Gasteiger partial charge < -0.3 is 10.4 Å². The number of nitrogens with one attached hydrogen (secondary N) is 1. The zero-order valence-corrected chi connectivity index (χ0v) is 9.78. The minimum Gasteiger partial charge on any atom is -0.476 e. The van der Waals surface area contributed by atoms with E-state index in [0.29, 0.717) is 5.56 Å². The van der Waals surface area contributed by atoms with Crippen LogP contribution in [-0.2, 0) is 14.1 Å². The van der Waals surface area contributed by atoms with E-state index in [2.05, 4.69) is 15.5 Å². The highest BCUT2D eigenvalue weighted by atomic mass is 16.4. The molecule has 2 aromatic heterocycles. The Hall–Kier alpha value is -2.64. The molecule has 8 nitrogen and oxygen atoms in total. The highest BCUT2D eigenvalue weighted by Gasteiger charge is 2.18. The molecule has 94 valence electrons. The summed E-state index contributed by atoms with van der Waals surface area (Å²) in [4.78, 5) is 22.8. The lowest BCUT2D eigenvalue weighted by Gasteiger charge is -2.02. The summed E-state index contributed by atoms with van der Waals surface area (Å²) in [5.74, 6) is -1.59. The fourth-order valence-corrected chi connectivity index (χ4v) is 1.52. The highest BCUT2D eigenvalue weighted by Crippen LogP contribution is 2.15. The number of carboxylic acids is 1. The van der Waals surface area contributed by atoms with Crippen molar-refractivity contribution in [3.8, 4) is 0 Å². The summed E-state index contributed by atoms with van der Waals surface area (Å²) in [6.45, 7) is 0. The van der Waals surface area contributed by atoms with E-state index in [1.54, 1.807) is 7.05 Å². The van der Waals surface area contributed by atoms with E-state index in [-0.39, 0.29) is 11.4 Å². The van der Waals surface area contributed by atoms with Gasteiger partial charge in [-0.25, -0.2) is 4.79 Å². The lowest BCUT2D eigenvalue weighted by atomic mass is 10.3. The van der Waals surface area contributed by atoms with Crippen LogP contribution in [0.4, 0.5) is 5.69 Å². The maximum absolute atomic E-state index is 11.8. The molecule has 2 aromatic rings. The third-order valence-electron chi connectivity index (χ3n) is 2.36. The number of carbonyl (C=O) groups excluding carboxylic acids is 1. The molecule has 1 amide bonds. The number of carboxylic acid groups (broad SMARTS) is 1. The molecule has 0 saturated carbocycles. The largest absolute Gasteiger partial charge is 0.476 e. The molecule has 0 saturated heterocycles. The molecule has 0 aliphatic carbocycles. The molecule has 0 aliphatic rings. The summed E-state index contributed by atoms with van der Waals surface area (Å²) in [5, 5.41) is 19.1. The molecule has 2 rings (SSSR count). The molecule has 0 aliphatic heterocycles. The van der Waals surface area contributed by atoms with Crippen LogP contribution in [0.2, 0.25) is 0 Å². The van der Waals surface area contributed by atoms with E-state index < -0.39 is 11.9 Å². The maximum atomic E-state index is 11.8. The van der Waals surface area contributed by atoms with Gasteiger partial charge in [-0.15, -0.1) is 0 Å². The van der Waals surface area contributed by atoms with Gasteiger partial charge in [0.05, 0.1) is 23.6 Å². The second-order valence-corrected chi connectivity index (χ2v) is 3.69. The van der Waals surface area contributed by atoms with Crippen LogP contribution in [-0.4, -0.2) is 36.5 Å². The Balaban J connectivity index is 2.25. The van der Waals surface area contributed by atoms with Crippen molar-refractivity contribution in [2.45, 2.75) is 0 Å². The van der Waals surface area contributed by atoms with E-state index in [9.17, 15) is 9.59 Å². The number of carbonyl (C=O) groups is 2. The first-order valence-electron chi connectivity index (χ1n) is 5.04. The van der Waals surface area contributed by atoms with Gasteiger partial charge in [-0.2, -0.15) is 10.2 Å². The van der Waals surface area contributed by atoms with Crippen molar-refractivity contribution in [2.75, 3.05) is 5.32 Å². The van der Waals surface area contributed by atoms with E-state index in [1.807, 2.05) is 0 Å². The molecule has 0 bridgehead atoms. The van der Waals surface area contributed by atoms with Gasteiger partial charge in [0.2, 0.25) is 0 Å². The number of anilines is 1. The number of aromatic nitrogens is 4. The number of amides is 1. The van der Waals surface area contributed by atoms with Crippen molar-refractivity contribution in [1.29, 1.82) is 0 Å². The first kappa shape index (κ1) is 11.8. The predicted molar refractivity (Wildman–Crippen MR) is 61.3 cm³/mol. The Kier molecular flexibility index (Phi) is 2.84. The Bertz CT molecular complexity index is 613. The van der Waals surface area contributed by atoms with Gasteiger partial charge in [0.15, 0.2) is 5.69 Å². The summed E-state index contributed by atoms with van der Waals surface area (Å²) >= 11 is 0. The number of nitrogens with zero attached hydrogens (tertiary/aromatic N) is 4. The van der Waals surface area contributed by atoms with Crippen LogP contribution in [0.5, 0.6) is 0 Å². The normalized spacial score (nSPS) is 10.3. The molecule has 0 spiro atoms. The zero-order chi connectivity index (χ0) is 13.3. The van der Waals surface area contributed by atoms with Crippen LogP contribution in [0.1, 0.15) is 20.8 Å². The van der Waals surface area contributed by atoms with Crippen LogP contribution < -0.4 is 5.32 Å². The third kappa shape index (κ3) is 2.08. The summed E-state index contributed by atoms with van der Waals surface area (Å²) < 4.78 is 2.66. The van der Waals surface area contributed by atoms with Gasteiger partial charge in [-0.05, 0) is 0 Å². The molecule has 0 fully saturated rings. The molecule has 8 heteroatoms. The number of hydrogen-bond acceptors (Lipinski definition) is 4. The van der Waals surface area contributed by atoms with E-state index in [1.165, 1.54) is 35.0 Å². The van der Waals surface area contributed by atoms with Gasteiger partial charge in [-0.3, -0.25) is 14.2 Å². The van der Waals surface area contributed by atoms with Gasteiger partial charge in [0.25, 0.3) is 5.91 Å². The first-order valence-corrected chi connectivity index (χ1v) is 5.04. The van der Waals surface area contributed by atoms with Crippen molar-refractivity contribution < 1.29 is 14.7 Å². The molecule has 18 heavy (non-hydrogen) atoms. The first-order chi connectivity index (χ1) is 8.49. The minimum atomic E-state index is -1.16. The van der Waals surface area contributed by atoms with E-state index in [4.69, 9.17) is 5.11 Å². The van der Waals surface area contributed by atoms with Crippen molar-refractivity contribution in [3.63, 3.8) is 0 Å². The maximum Gasteiger partial charge on any atom is 0.356 e. The third-order valence-corrected chi connectivity index (χ3v) is 2.36. The monoisotopic (exact) mass is 249 g/mol. The van der Waals surface area contributed by atoms with E-state index in [0.717, 1.165) is 0 Å². The standard InChI is InChI=1S/C10H11N5O3/c1-14-5-6(3-11-14)9(16)13-7-4-12-15(2)8(7)10(17)18/h3-5H,1-2H3,(H,13,16)(H,17,18). The molecule has 2 N–H and O–H groups in total. The smallest absolute Gasteiger partial charge is 0.356 e. The van der Waals surface area contributed by atoms with Crippen LogP contribution in [0.15, 0.2) is 18.6 Å². The number of hydrogen-bond donors (Lipinski definition) is 2. The summed E-state index contributed by atoms with van der Waals surface area (Å²) in [7, 11) is 3.17. The summed E-state index contributed by atoms with van der Waals surface area (Å²) in [5.41, 5.74) is 0.420. The van der Waals surface area contributed by atoms with Gasteiger partial charge >= 0.3 is 5.97 Å². The molecular weight excluding hydrogens is 238 g/mol. The van der Waals surface area contributed by atoms with Crippen LogP contribution in [0, 0.1) is 0 Å². The lowest BCUT2D eigenvalue weighted by molar-refractivity contribution is 0.0686. The number of rotatable bonds is 3. The Morgan fingerprint density at radius 2 is 2.00 bits per heavy atom. The average molecular weight is 249 g/mol. The summed E-state index contributed by atoms with van der Waals surface area (Å²) in [6.07, 6.45) is 4.22. The number of aryl methyl sites for hydroxylation is 2. The Morgan fingerprint density at radius 3 is 2.56 bits per heavy atom. The molecule has 2 heterocycles. The second-order valence-electron chi connectivity index (χ2n) is 3.69. The second kappa shape index (κ2) is 4.32. The minimum absolute atomic E-state index is 0.0766. The Morgan fingerprint density at radius 1 is 1.28 bits per heavy atom. The SMILES string of the molecule is Cn1cc(C(=O)Nc2cnn(C)c2C(=O)O)cn1. The molecule has 0 radical (unpaired) electrons. The molecule has 0 unspecified atom stereocenters.